The molecule has 2 rings (SSSR count). The Kier molecular flexibility index (Phi) is 5.06. The molecule has 20 heavy (non-hydrogen) atoms. The van der Waals surface area contributed by atoms with E-state index in [9.17, 15) is 0 Å². The first-order chi connectivity index (χ1) is 9.60. The summed E-state index contributed by atoms with van der Waals surface area (Å²) in [6, 6.07) is 8.62. The van der Waals surface area contributed by atoms with E-state index in [0.29, 0.717) is 6.04 Å². The van der Waals surface area contributed by atoms with Gasteiger partial charge in [-0.25, -0.2) is 0 Å². The van der Waals surface area contributed by atoms with Gasteiger partial charge < -0.3 is 19.9 Å². The average molecular weight is 293 g/mol. The fraction of sp³-hybridized carbons (Fsp3) is 0.533. The van der Waals surface area contributed by atoms with Crippen LogP contribution in [0.3, 0.4) is 0 Å². The molecule has 1 fully saturated rings. The molecule has 0 atom stereocenters. The Labute approximate surface area is 126 Å². The number of hydrogen-bond donors (Lipinski definition) is 1. The second-order valence-corrected chi connectivity index (χ2v) is 5.66. The Balaban J connectivity index is 1.88. The number of hydrogen-bond acceptors (Lipinski definition) is 3. The molecule has 5 heteroatoms. The van der Waals surface area contributed by atoms with E-state index < -0.39 is 0 Å². The van der Waals surface area contributed by atoms with E-state index in [0.717, 1.165) is 37.0 Å². The van der Waals surface area contributed by atoms with Crippen LogP contribution in [0.1, 0.15) is 13.8 Å². The van der Waals surface area contributed by atoms with Crippen LogP contribution in [0.15, 0.2) is 24.3 Å². The molecule has 0 spiro atoms. The minimum Gasteiger partial charge on any atom is -0.497 e. The van der Waals surface area contributed by atoms with Crippen LogP contribution in [-0.4, -0.2) is 49.3 Å². The molecule has 0 radical (unpaired) electrons. The summed E-state index contributed by atoms with van der Waals surface area (Å²) in [4.78, 5) is 4.63. The summed E-state index contributed by atoms with van der Waals surface area (Å²) in [5.41, 5.74) is 1.24. The van der Waals surface area contributed by atoms with Gasteiger partial charge in [0, 0.05) is 37.9 Å². The molecular weight excluding hydrogens is 270 g/mol. The molecule has 1 aromatic rings. The average Bonchev–Trinajstić information content (AvgIpc) is 2.47. The second kappa shape index (κ2) is 6.79. The van der Waals surface area contributed by atoms with Gasteiger partial charge in [-0.2, -0.15) is 0 Å². The molecule has 0 saturated carbocycles. The monoisotopic (exact) mass is 293 g/mol. The maximum absolute atomic E-state index is 5.42. The zero-order valence-corrected chi connectivity index (χ0v) is 13.2. The third kappa shape index (κ3) is 3.76. The van der Waals surface area contributed by atoms with Crippen LogP contribution in [0.5, 0.6) is 5.75 Å². The van der Waals surface area contributed by atoms with E-state index in [-0.39, 0.29) is 0 Å². The van der Waals surface area contributed by atoms with Crippen LogP contribution in [0.25, 0.3) is 0 Å². The van der Waals surface area contributed by atoms with Crippen molar-refractivity contribution >= 4 is 23.0 Å². The maximum Gasteiger partial charge on any atom is 0.169 e. The Morgan fingerprint density at radius 3 is 2.25 bits per heavy atom. The molecule has 1 heterocycles. The Bertz CT molecular complexity index is 439. The van der Waals surface area contributed by atoms with Crippen LogP contribution >= 0.6 is 12.2 Å². The lowest BCUT2D eigenvalue weighted by molar-refractivity contribution is 0.377. The van der Waals surface area contributed by atoms with Crippen molar-refractivity contribution in [3.63, 3.8) is 0 Å². The molecule has 4 nitrogen and oxygen atoms in total. The summed E-state index contributed by atoms with van der Waals surface area (Å²) in [6.07, 6.45) is 0. The van der Waals surface area contributed by atoms with Gasteiger partial charge in [-0.1, -0.05) is 0 Å². The minimum atomic E-state index is 0.391. The smallest absolute Gasteiger partial charge is 0.169 e. The first-order valence-electron chi connectivity index (χ1n) is 7.04. The molecule has 1 aromatic carbocycles. The highest BCUT2D eigenvalue weighted by Crippen LogP contribution is 2.20. The van der Waals surface area contributed by atoms with Gasteiger partial charge in [-0.05, 0) is 50.3 Å². The second-order valence-electron chi connectivity index (χ2n) is 5.28. The zero-order chi connectivity index (χ0) is 14.5. The third-order valence-corrected chi connectivity index (χ3v) is 3.79. The highest BCUT2D eigenvalue weighted by molar-refractivity contribution is 7.80. The molecule has 0 amide bonds. The van der Waals surface area contributed by atoms with Gasteiger partial charge in [0.2, 0.25) is 0 Å². The van der Waals surface area contributed by atoms with Crippen molar-refractivity contribution in [3.8, 4) is 5.75 Å². The topological polar surface area (TPSA) is 27.7 Å². The number of anilines is 1. The first-order valence-corrected chi connectivity index (χ1v) is 7.45. The summed E-state index contributed by atoms with van der Waals surface area (Å²) in [6.45, 7) is 8.13. The van der Waals surface area contributed by atoms with Crippen molar-refractivity contribution in [2.75, 3.05) is 38.2 Å². The summed E-state index contributed by atoms with van der Waals surface area (Å²) in [5.74, 6) is 0.898. The fourth-order valence-corrected chi connectivity index (χ4v) is 2.72. The number of nitrogens with one attached hydrogen (secondary N) is 1. The van der Waals surface area contributed by atoms with Crippen molar-refractivity contribution < 1.29 is 4.74 Å². The van der Waals surface area contributed by atoms with Crippen molar-refractivity contribution in [2.45, 2.75) is 19.9 Å². The lowest BCUT2D eigenvalue weighted by Gasteiger charge is -2.37. The predicted octanol–water partition coefficient (Wildman–Crippen LogP) is 2.10. The van der Waals surface area contributed by atoms with Gasteiger partial charge in [-0.3, -0.25) is 0 Å². The predicted molar refractivity (Wildman–Crippen MR) is 87.6 cm³/mol. The zero-order valence-electron chi connectivity index (χ0n) is 12.4. The van der Waals surface area contributed by atoms with Gasteiger partial charge in [0.25, 0.3) is 0 Å². The van der Waals surface area contributed by atoms with E-state index >= 15 is 0 Å². The highest BCUT2D eigenvalue weighted by atomic mass is 32.1. The lowest BCUT2D eigenvalue weighted by Crippen LogP contribution is -2.52. The molecule has 1 aliphatic heterocycles. The molecule has 1 N–H and O–H groups in total. The van der Waals surface area contributed by atoms with Gasteiger partial charge in [0.15, 0.2) is 5.11 Å². The van der Waals surface area contributed by atoms with Crippen LogP contribution in [0.4, 0.5) is 5.69 Å². The van der Waals surface area contributed by atoms with Gasteiger partial charge in [-0.15, -0.1) is 0 Å². The summed E-state index contributed by atoms with van der Waals surface area (Å²) >= 11 is 5.42. The number of rotatable bonds is 3. The van der Waals surface area contributed by atoms with E-state index in [1.54, 1.807) is 7.11 Å². The summed E-state index contributed by atoms with van der Waals surface area (Å²) in [7, 11) is 1.69. The van der Waals surface area contributed by atoms with Crippen LogP contribution in [0.2, 0.25) is 0 Å². The molecule has 0 aliphatic carbocycles. The van der Waals surface area contributed by atoms with E-state index in [1.807, 2.05) is 12.1 Å². The molecule has 0 bridgehead atoms. The lowest BCUT2D eigenvalue weighted by atomic mass is 10.2. The van der Waals surface area contributed by atoms with Crippen molar-refractivity contribution in [2.24, 2.45) is 0 Å². The van der Waals surface area contributed by atoms with Crippen molar-refractivity contribution in [1.82, 2.24) is 10.2 Å². The number of benzene rings is 1. The van der Waals surface area contributed by atoms with E-state index in [4.69, 9.17) is 17.0 Å². The minimum absolute atomic E-state index is 0.391. The Hall–Kier alpha value is -1.49. The maximum atomic E-state index is 5.42. The molecule has 110 valence electrons. The van der Waals surface area contributed by atoms with Crippen LogP contribution in [0, 0.1) is 0 Å². The van der Waals surface area contributed by atoms with Crippen LogP contribution < -0.4 is 15.0 Å². The molecule has 0 aromatic heterocycles. The quantitative estimate of drug-likeness (QED) is 0.862. The Morgan fingerprint density at radius 2 is 1.75 bits per heavy atom. The summed E-state index contributed by atoms with van der Waals surface area (Å²) in [5, 5.41) is 4.17. The third-order valence-electron chi connectivity index (χ3n) is 3.42. The van der Waals surface area contributed by atoms with Crippen LogP contribution in [-0.2, 0) is 0 Å². The SMILES string of the molecule is COc1ccc(N2CCN(C(=S)NC(C)C)CC2)cc1. The number of ether oxygens (including phenoxy) is 1. The van der Waals surface area contributed by atoms with E-state index in [1.165, 1.54) is 5.69 Å². The van der Waals surface area contributed by atoms with Gasteiger partial charge >= 0.3 is 0 Å². The normalized spacial score (nSPS) is 15.4. The molecule has 1 saturated heterocycles. The van der Waals surface area contributed by atoms with E-state index in [2.05, 4.69) is 41.1 Å². The number of piperazine rings is 1. The van der Waals surface area contributed by atoms with Gasteiger partial charge in [0.05, 0.1) is 7.11 Å². The largest absolute Gasteiger partial charge is 0.497 e. The standard InChI is InChI=1S/C15H23N3OS/c1-12(2)16-15(20)18-10-8-17(9-11-18)13-4-6-14(19-3)7-5-13/h4-7,12H,8-11H2,1-3H3,(H,16,20). The molecule has 0 unspecified atom stereocenters. The number of nitrogens with zero attached hydrogens (tertiary/aromatic N) is 2. The number of methoxy groups -OCH3 is 1. The van der Waals surface area contributed by atoms with Crippen molar-refractivity contribution in [1.29, 1.82) is 0 Å². The van der Waals surface area contributed by atoms with Crippen molar-refractivity contribution in [3.05, 3.63) is 24.3 Å². The molecule has 1 aliphatic rings. The Morgan fingerprint density at radius 1 is 1.15 bits per heavy atom. The fourth-order valence-electron chi connectivity index (χ4n) is 2.30. The van der Waals surface area contributed by atoms with Gasteiger partial charge in [0.1, 0.15) is 5.75 Å². The first kappa shape index (κ1) is 14.9. The molecular formula is C15H23N3OS. The highest BCUT2D eigenvalue weighted by Gasteiger charge is 2.19. The number of thiocarbonyl (C=S) groups is 1. The summed E-state index contributed by atoms with van der Waals surface area (Å²) < 4.78 is 5.19.